The SMILES string of the molecule is CNC1CCC(N(CC(F)(F)F)C(C)C)C1. The molecule has 1 rings (SSSR count). The number of hydrogen-bond acceptors (Lipinski definition) is 2. The Morgan fingerprint density at radius 1 is 1.31 bits per heavy atom. The van der Waals surface area contributed by atoms with Crippen molar-refractivity contribution in [1.29, 1.82) is 0 Å². The van der Waals surface area contributed by atoms with Gasteiger partial charge in [0.1, 0.15) is 0 Å². The maximum absolute atomic E-state index is 12.4. The van der Waals surface area contributed by atoms with Crippen molar-refractivity contribution in [3.63, 3.8) is 0 Å². The van der Waals surface area contributed by atoms with E-state index in [9.17, 15) is 13.2 Å². The largest absolute Gasteiger partial charge is 0.401 e. The molecule has 96 valence electrons. The summed E-state index contributed by atoms with van der Waals surface area (Å²) < 4.78 is 37.3. The van der Waals surface area contributed by atoms with Crippen LogP contribution in [0, 0.1) is 0 Å². The summed E-state index contributed by atoms with van der Waals surface area (Å²) in [5.41, 5.74) is 0. The highest BCUT2D eigenvalue weighted by Crippen LogP contribution is 2.28. The summed E-state index contributed by atoms with van der Waals surface area (Å²) in [5.74, 6) is 0. The Bertz CT molecular complexity index is 216. The molecule has 0 aliphatic heterocycles. The number of nitrogens with one attached hydrogen (secondary N) is 1. The van der Waals surface area contributed by atoms with Crippen LogP contribution in [0.4, 0.5) is 13.2 Å². The van der Waals surface area contributed by atoms with E-state index in [0.717, 1.165) is 19.3 Å². The topological polar surface area (TPSA) is 15.3 Å². The Balaban J connectivity index is 2.58. The summed E-state index contributed by atoms with van der Waals surface area (Å²) >= 11 is 0. The Morgan fingerprint density at radius 2 is 1.94 bits per heavy atom. The van der Waals surface area contributed by atoms with Crippen LogP contribution in [0.25, 0.3) is 0 Å². The van der Waals surface area contributed by atoms with Crippen molar-refractivity contribution in [3.8, 4) is 0 Å². The third kappa shape index (κ3) is 3.94. The third-order valence-electron chi connectivity index (χ3n) is 3.31. The fourth-order valence-corrected chi connectivity index (χ4v) is 2.46. The summed E-state index contributed by atoms with van der Waals surface area (Å²) in [7, 11) is 1.87. The first kappa shape index (κ1) is 13.8. The van der Waals surface area contributed by atoms with Crippen LogP contribution < -0.4 is 5.32 Å². The number of hydrogen-bond donors (Lipinski definition) is 1. The van der Waals surface area contributed by atoms with E-state index in [0.29, 0.717) is 6.04 Å². The van der Waals surface area contributed by atoms with E-state index in [1.807, 2.05) is 20.9 Å². The van der Waals surface area contributed by atoms with Gasteiger partial charge in [0, 0.05) is 18.1 Å². The minimum atomic E-state index is -4.10. The van der Waals surface area contributed by atoms with Gasteiger partial charge < -0.3 is 5.32 Å². The Morgan fingerprint density at radius 3 is 2.31 bits per heavy atom. The van der Waals surface area contributed by atoms with E-state index in [1.54, 1.807) is 4.90 Å². The molecule has 0 amide bonds. The van der Waals surface area contributed by atoms with Gasteiger partial charge in [0.2, 0.25) is 0 Å². The zero-order valence-electron chi connectivity index (χ0n) is 10.1. The zero-order valence-corrected chi connectivity index (χ0v) is 10.1. The van der Waals surface area contributed by atoms with Gasteiger partial charge >= 0.3 is 6.18 Å². The van der Waals surface area contributed by atoms with Crippen LogP contribution in [0.15, 0.2) is 0 Å². The van der Waals surface area contributed by atoms with E-state index < -0.39 is 12.7 Å². The van der Waals surface area contributed by atoms with Gasteiger partial charge in [-0.25, -0.2) is 0 Å². The summed E-state index contributed by atoms with van der Waals surface area (Å²) in [6, 6.07) is 0.390. The van der Waals surface area contributed by atoms with Crippen LogP contribution in [-0.4, -0.2) is 42.8 Å². The summed E-state index contributed by atoms with van der Waals surface area (Å²) in [6.07, 6.45) is -1.44. The predicted molar refractivity (Wildman–Crippen MR) is 58.4 cm³/mol. The second-order valence-electron chi connectivity index (χ2n) is 4.83. The van der Waals surface area contributed by atoms with Gasteiger partial charge in [-0.15, -0.1) is 0 Å². The van der Waals surface area contributed by atoms with E-state index in [1.165, 1.54) is 0 Å². The smallest absolute Gasteiger partial charge is 0.317 e. The maximum Gasteiger partial charge on any atom is 0.401 e. The van der Waals surface area contributed by atoms with Gasteiger partial charge in [-0.2, -0.15) is 13.2 Å². The minimum absolute atomic E-state index is 0.0535. The number of halogens is 3. The van der Waals surface area contributed by atoms with Gasteiger partial charge in [-0.05, 0) is 40.2 Å². The quantitative estimate of drug-likeness (QED) is 0.809. The normalized spacial score (nSPS) is 27.0. The second-order valence-corrected chi connectivity index (χ2v) is 4.83. The number of alkyl halides is 3. The lowest BCUT2D eigenvalue weighted by Crippen LogP contribution is -2.45. The van der Waals surface area contributed by atoms with Crippen molar-refractivity contribution >= 4 is 0 Å². The lowest BCUT2D eigenvalue weighted by Gasteiger charge is -2.33. The van der Waals surface area contributed by atoms with E-state index in [4.69, 9.17) is 0 Å². The molecule has 2 unspecified atom stereocenters. The molecule has 0 heterocycles. The molecule has 16 heavy (non-hydrogen) atoms. The summed E-state index contributed by atoms with van der Waals surface area (Å²) in [4.78, 5) is 1.58. The molecular weight excluding hydrogens is 217 g/mol. The molecule has 0 bridgehead atoms. The van der Waals surface area contributed by atoms with Crippen LogP contribution >= 0.6 is 0 Å². The van der Waals surface area contributed by atoms with Gasteiger partial charge in [-0.3, -0.25) is 4.90 Å². The fourth-order valence-electron chi connectivity index (χ4n) is 2.46. The molecule has 1 saturated carbocycles. The lowest BCUT2D eigenvalue weighted by molar-refractivity contribution is -0.155. The molecule has 0 aromatic rings. The van der Waals surface area contributed by atoms with Gasteiger partial charge in [0.15, 0.2) is 0 Å². The molecule has 2 nitrogen and oxygen atoms in total. The van der Waals surface area contributed by atoms with Crippen molar-refractivity contribution in [2.45, 2.75) is 57.4 Å². The van der Waals surface area contributed by atoms with Crippen LogP contribution in [0.3, 0.4) is 0 Å². The van der Waals surface area contributed by atoms with Crippen molar-refractivity contribution in [1.82, 2.24) is 10.2 Å². The third-order valence-corrected chi connectivity index (χ3v) is 3.31. The average Bonchev–Trinajstić information content (AvgIpc) is 2.60. The minimum Gasteiger partial charge on any atom is -0.317 e. The van der Waals surface area contributed by atoms with Crippen molar-refractivity contribution in [2.24, 2.45) is 0 Å². The first-order chi connectivity index (χ1) is 7.33. The molecule has 0 aromatic heterocycles. The molecule has 1 N–H and O–H groups in total. The van der Waals surface area contributed by atoms with E-state index in [-0.39, 0.29) is 12.1 Å². The first-order valence-electron chi connectivity index (χ1n) is 5.83. The zero-order chi connectivity index (χ0) is 12.3. The standard InChI is InChI=1S/C11H21F3N2/c1-8(2)16(7-11(12,13)14)10-5-4-9(6-10)15-3/h8-10,15H,4-7H2,1-3H3. The number of nitrogens with zero attached hydrogens (tertiary/aromatic N) is 1. The molecule has 2 atom stereocenters. The predicted octanol–water partition coefficient (Wildman–Crippen LogP) is 2.40. The Labute approximate surface area is 95.2 Å². The molecule has 0 spiro atoms. The fraction of sp³-hybridized carbons (Fsp3) is 1.00. The highest BCUT2D eigenvalue weighted by atomic mass is 19.4. The first-order valence-corrected chi connectivity index (χ1v) is 5.83. The molecule has 1 aliphatic carbocycles. The van der Waals surface area contributed by atoms with Crippen molar-refractivity contribution < 1.29 is 13.2 Å². The molecule has 5 heteroatoms. The molecular formula is C11H21F3N2. The van der Waals surface area contributed by atoms with Gasteiger partial charge in [-0.1, -0.05) is 0 Å². The van der Waals surface area contributed by atoms with E-state index >= 15 is 0 Å². The Kier molecular flexibility index (Phi) is 4.62. The highest BCUT2D eigenvalue weighted by molar-refractivity contribution is 4.88. The van der Waals surface area contributed by atoms with Crippen LogP contribution in [0.5, 0.6) is 0 Å². The Hall–Kier alpha value is -0.290. The lowest BCUT2D eigenvalue weighted by atomic mass is 10.1. The van der Waals surface area contributed by atoms with E-state index in [2.05, 4.69) is 5.32 Å². The monoisotopic (exact) mass is 238 g/mol. The second kappa shape index (κ2) is 5.36. The van der Waals surface area contributed by atoms with Crippen molar-refractivity contribution in [3.05, 3.63) is 0 Å². The molecule has 1 fully saturated rings. The maximum atomic E-state index is 12.4. The van der Waals surface area contributed by atoms with Crippen molar-refractivity contribution in [2.75, 3.05) is 13.6 Å². The van der Waals surface area contributed by atoms with Crippen LogP contribution in [0.1, 0.15) is 33.1 Å². The molecule has 0 saturated heterocycles. The van der Waals surface area contributed by atoms with Crippen LogP contribution in [0.2, 0.25) is 0 Å². The number of rotatable bonds is 4. The van der Waals surface area contributed by atoms with Gasteiger partial charge in [0.25, 0.3) is 0 Å². The molecule has 0 aromatic carbocycles. The highest BCUT2D eigenvalue weighted by Gasteiger charge is 2.37. The van der Waals surface area contributed by atoms with Crippen LogP contribution in [-0.2, 0) is 0 Å². The molecule has 0 radical (unpaired) electrons. The summed E-state index contributed by atoms with van der Waals surface area (Å²) in [6.45, 7) is 2.88. The average molecular weight is 238 g/mol. The van der Waals surface area contributed by atoms with Gasteiger partial charge in [0.05, 0.1) is 6.54 Å². The molecule has 1 aliphatic rings. The summed E-state index contributed by atoms with van der Waals surface area (Å²) in [5, 5.41) is 3.14.